The van der Waals surface area contributed by atoms with Crippen molar-refractivity contribution in [2.45, 2.75) is 39.2 Å². The normalized spacial score (nSPS) is 16.1. The Morgan fingerprint density at radius 2 is 2.47 bits per heavy atom. The number of thiazole rings is 1. The van der Waals surface area contributed by atoms with Gasteiger partial charge in [0.1, 0.15) is 0 Å². The molecule has 1 aromatic heterocycles. The van der Waals surface area contributed by atoms with Crippen LogP contribution < -0.4 is 5.32 Å². The molecule has 1 aromatic rings. The molecule has 0 aliphatic heterocycles. The van der Waals surface area contributed by atoms with E-state index in [-0.39, 0.29) is 11.8 Å². The molecule has 1 amide bonds. The summed E-state index contributed by atoms with van der Waals surface area (Å²) in [5, 5.41) is 6.11. The Labute approximate surface area is 93.9 Å². The zero-order chi connectivity index (χ0) is 10.7. The van der Waals surface area contributed by atoms with E-state index in [9.17, 15) is 4.79 Å². The minimum absolute atomic E-state index is 0.201. The van der Waals surface area contributed by atoms with Crippen LogP contribution in [0.1, 0.15) is 36.9 Å². The van der Waals surface area contributed by atoms with E-state index in [0.717, 1.165) is 30.0 Å². The maximum Gasteiger partial charge on any atom is 0.223 e. The van der Waals surface area contributed by atoms with Crippen molar-refractivity contribution < 1.29 is 4.79 Å². The van der Waals surface area contributed by atoms with Gasteiger partial charge >= 0.3 is 0 Å². The summed E-state index contributed by atoms with van der Waals surface area (Å²) in [7, 11) is 0. The average Bonchev–Trinajstić information content (AvgIpc) is 2.59. The summed E-state index contributed by atoms with van der Waals surface area (Å²) < 4.78 is 0. The van der Waals surface area contributed by atoms with Crippen molar-refractivity contribution in [1.82, 2.24) is 10.3 Å². The van der Waals surface area contributed by atoms with E-state index in [0.29, 0.717) is 6.54 Å². The molecule has 2 rings (SSSR count). The first-order valence-electron chi connectivity index (χ1n) is 5.50. The molecule has 0 saturated heterocycles. The van der Waals surface area contributed by atoms with E-state index in [2.05, 4.69) is 17.2 Å². The minimum Gasteiger partial charge on any atom is -0.350 e. The maximum absolute atomic E-state index is 11.5. The fourth-order valence-electron chi connectivity index (χ4n) is 1.58. The second kappa shape index (κ2) is 4.75. The van der Waals surface area contributed by atoms with Gasteiger partial charge in [-0.15, -0.1) is 11.3 Å². The molecule has 0 atom stereocenters. The monoisotopic (exact) mass is 224 g/mol. The summed E-state index contributed by atoms with van der Waals surface area (Å²) >= 11 is 1.67. The van der Waals surface area contributed by atoms with Gasteiger partial charge in [-0.2, -0.15) is 0 Å². The molecule has 0 radical (unpaired) electrons. The first-order valence-corrected chi connectivity index (χ1v) is 6.38. The third-order valence-corrected chi connectivity index (χ3v) is 3.86. The van der Waals surface area contributed by atoms with Crippen LogP contribution in [0.25, 0.3) is 0 Å². The Bertz CT molecular complexity index is 344. The number of carbonyl (C=O) groups is 1. The molecule has 3 nitrogen and oxygen atoms in total. The Hall–Kier alpha value is -0.900. The van der Waals surface area contributed by atoms with Crippen LogP contribution in [0.4, 0.5) is 0 Å². The summed E-state index contributed by atoms with van der Waals surface area (Å²) in [4.78, 5) is 15.9. The summed E-state index contributed by atoms with van der Waals surface area (Å²) in [6.45, 7) is 2.68. The third-order valence-electron chi connectivity index (χ3n) is 2.82. The molecule has 1 N–H and O–H groups in total. The van der Waals surface area contributed by atoms with Gasteiger partial charge in [0.2, 0.25) is 5.91 Å². The highest BCUT2D eigenvalue weighted by atomic mass is 32.1. The Balaban J connectivity index is 1.79. The molecule has 1 saturated carbocycles. The first kappa shape index (κ1) is 10.6. The van der Waals surface area contributed by atoms with Gasteiger partial charge in [-0.1, -0.05) is 13.3 Å². The van der Waals surface area contributed by atoms with Crippen molar-refractivity contribution in [2.75, 3.05) is 0 Å². The molecule has 0 spiro atoms. The molecule has 4 heteroatoms. The number of nitrogens with zero attached hydrogens (tertiary/aromatic N) is 1. The summed E-state index contributed by atoms with van der Waals surface area (Å²) in [5.74, 6) is 0.474. The lowest BCUT2D eigenvalue weighted by Gasteiger charge is -2.23. The second-order valence-electron chi connectivity index (χ2n) is 3.93. The van der Waals surface area contributed by atoms with Crippen LogP contribution in [0.15, 0.2) is 5.38 Å². The fraction of sp³-hybridized carbons (Fsp3) is 0.636. The van der Waals surface area contributed by atoms with Gasteiger partial charge in [-0.25, -0.2) is 4.98 Å². The maximum atomic E-state index is 11.5. The van der Waals surface area contributed by atoms with Crippen molar-refractivity contribution in [1.29, 1.82) is 0 Å². The molecule has 0 unspecified atom stereocenters. The molecule has 0 bridgehead atoms. The summed E-state index contributed by atoms with van der Waals surface area (Å²) in [5.41, 5.74) is 0.990. The zero-order valence-corrected chi connectivity index (χ0v) is 9.77. The smallest absolute Gasteiger partial charge is 0.223 e. The zero-order valence-electron chi connectivity index (χ0n) is 8.95. The van der Waals surface area contributed by atoms with Gasteiger partial charge in [-0.05, 0) is 19.3 Å². The highest BCUT2D eigenvalue weighted by Crippen LogP contribution is 2.26. The number of amides is 1. The van der Waals surface area contributed by atoms with Crippen molar-refractivity contribution in [2.24, 2.45) is 5.92 Å². The van der Waals surface area contributed by atoms with E-state index >= 15 is 0 Å². The van der Waals surface area contributed by atoms with Crippen LogP contribution in [-0.4, -0.2) is 10.9 Å². The van der Waals surface area contributed by atoms with E-state index in [1.807, 2.05) is 5.38 Å². The van der Waals surface area contributed by atoms with Crippen LogP contribution in [0.3, 0.4) is 0 Å². The van der Waals surface area contributed by atoms with Gasteiger partial charge in [-0.3, -0.25) is 4.79 Å². The number of hydrogen-bond donors (Lipinski definition) is 1. The minimum atomic E-state index is 0.201. The van der Waals surface area contributed by atoms with Crippen molar-refractivity contribution in [3.63, 3.8) is 0 Å². The molecule has 0 aromatic carbocycles. The van der Waals surface area contributed by atoms with Crippen LogP contribution in [0.5, 0.6) is 0 Å². The SMILES string of the molecule is CCc1nc(CNC(=O)C2CCC2)cs1. The van der Waals surface area contributed by atoms with Crippen molar-refractivity contribution in [3.8, 4) is 0 Å². The van der Waals surface area contributed by atoms with Gasteiger partial charge in [0.15, 0.2) is 0 Å². The number of aromatic nitrogens is 1. The van der Waals surface area contributed by atoms with Crippen molar-refractivity contribution >= 4 is 17.2 Å². The number of rotatable bonds is 4. The summed E-state index contributed by atoms with van der Waals surface area (Å²) in [6, 6.07) is 0. The van der Waals surface area contributed by atoms with E-state index < -0.39 is 0 Å². The largest absolute Gasteiger partial charge is 0.350 e. The van der Waals surface area contributed by atoms with Gasteiger partial charge in [0.05, 0.1) is 17.2 Å². The predicted molar refractivity (Wildman–Crippen MR) is 60.7 cm³/mol. The predicted octanol–water partition coefficient (Wildman–Crippen LogP) is 2.12. The van der Waals surface area contributed by atoms with Gasteiger partial charge < -0.3 is 5.32 Å². The number of carbonyl (C=O) groups excluding carboxylic acids is 1. The van der Waals surface area contributed by atoms with E-state index in [4.69, 9.17) is 0 Å². The highest BCUT2D eigenvalue weighted by molar-refractivity contribution is 7.09. The Morgan fingerprint density at radius 1 is 1.67 bits per heavy atom. The molecule has 1 aliphatic rings. The lowest BCUT2D eigenvalue weighted by molar-refractivity contribution is -0.127. The first-order chi connectivity index (χ1) is 7.29. The molecular formula is C11H16N2OS. The van der Waals surface area contributed by atoms with Gasteiger partial charge in [0.25, 0.3) is 0 Å². The topological polar surface area (TPSA) is 42.0 Å². The quantitative estimate of drug-likeness (QED) is 0.851. The second-order valence-corrected chi connectivity index (χ2v) is 4.87. The Kier molecular flexibility index (Phi) is 3.36. The van der Waals surface area contributed by atoms with Crippen LogP contribution >= 0.6 is 11.3 Å². The average molecular weight is 224 g/mol. The van der Waals surface area contributed by atoms with E-state index in [1.54, 1.807) is 11.3 Å². The molecule has 15 heavy (non-hydrogen) atoms. The summed E-state index contributed by atoms with van der Waals surface area (Å²) in [6.07, 6.45) is 4.29. The van der Waals surface area contributed by atoms with Crippen LogP contribution in [0, 0.1) is 5.92 Å². The lowest BCUT2D eigenvalue weighted by atomic mass is 9.85. The number of hydrogen-bond acceptors (Lipinski definition) is 3. The van der Waals surface area contributed by atoms with E-state index in [1.165, 1.54) is 6.42 Å². The van der Waals surface area contributed by atoms with Crippen LogP contribution in [-0.2, 0) is 17.8 Å². The Morgan fingerprint density at radius 3 is 3.00 bits per heavy atom. The molecule has 1 fully saturated rings. The van der Waals surface area contributed by atoms with Crippen LogP contribution in [0.2, 0.25) is 0 Å². The molecule has 1 aliphatic carbocycles. The van der Waals surface area contributed by atoms with Crippen molar-refractivity contribution in [3.05, 3.63) is 16.1 Å². The fourth-order valence-corrected chi connectivity index (χ4v) is 2.33. The third kappa shape index (κ3) is 2.56. The highest BCUT2D eigenvalue weighted by Gasteiger charge is 2.24. The lowest BCUT2D eigenvalue weighted by Crippen LogP contribution is -2.34. The molecular weight excluding hydrogens is 208 g/mol. The number of nitrogens with one attached hydrogen (secondary N) is 1. The molecule has 82 valence electrons. The van der Waals surface area contributed by atoms with Gasteiger partial charge in [0, 0.05) is 11.3 Å². The number of aryl methyl sites for hydroxylation is 1. The standard InChI is InChI=1S/C11H16N2OS/c1-2-10-13-9(7-15-10)6-12-11(14)8-4-3-5-8/h7-8H,2-6H2,1H3,(H,12,14). The molecule has 1 heterocycles.